The molecule has 2 aromatic carbocycles. The van der Waals surface area contributed by atoms with Crippen LogP contribution in [0, 0.1) is 0 Å². The Kier molecular flexibility index (Phi) is 8.93. The highest BCUT2D eigenvalue weighted by molar-refractivity contribution is 6.77. The smallest absolute Gasteiger partial charge is 0.313 e. The molecular weight excluding hydrogens is 364 g/mol. The van der Waals surface area contributed by atoms with E-state index < -0.39 is 8.07 Å². The Morgan fingerprint density at radius 1 is 0.929 bits per heavy atom. The van der Waals surface area contributed by atoms with Gasteiger partial charge in [-0.05, 0) is 24.1 Å². The molecule has 2 atom stereocenters. The van der Waals surface area contributed by atoms with E-state index in [4.69, 9.17) is 9.47 Å². The molecule has 0 bridgehead atoms. The number of benzene rings is 2. The zero-order chi connectivity index (χ0) is 20.4. The fourth-order valence-corrected chi connectivity index (χ4v) is 5.08. The SMILES string of the molecule is CCCCC[C@@H](CC(=O)Oc1ccccc1)O[C@H](c1ccccc1)[Si](C)(C)C. The van der Waals surface area contributed by atoms with E-state index in [0.717, 1.165) is 25.7 Å². The molecule has 0 saturated heterocycles. The topological polar surface area (TPSA) is 35.5 Å². The molecule has 0 unspecified atom stereocenters. The molecule has 152 valence electrons. The predicted molar refractivity (Wildman–Crippen MR) is 118 cm³/mol. The van der Waals surface area contributed by atoms with Crippen LogP contribution >= 0.6 is 0 Å². The van der Waals surface area contributed by atoms with Crippen LogP contribution in [-0.2, 0) is 9.53 Å². The third-order valence-corrected chi connectivity index (χ3v) is 6.76. The summed E-state index contributed by atoms with van der Waals surface area (Å²) < 4.78 is 12.1. The van der Waals surface area contributed by atoms with E-state index in [1.807, 2.05) is 24.3 Å². The minimum Gasteiger partial charge on any atom is -0.426 e. The van der Waals surface area contributed by atoms with Crippen molar-refractivity contribution in [2.45, 2.75) is 70.5 Å². The van der Waals surface area contributed by atoms with Gasteiger partial charge in [-0.25, -0.2) is 0 Å². The summed E-state index contributed by atoms with van der Waals surface area (Å²) in [5.41, 5.74) is 1.27. The van der Waals surface area contributed by atoms with Gasteiger partial charge in [-0.2, -0.15) is 0 Å². The molecule has 2 rings (SSSR count). The maximum absolute atomic E-state index is 12.5. The highest BCUT2D eigenvalue weighted by Gasteiger charge is 2.32. The Labute approximate surface area is 171 Å². The molecule has 0 fully saturated rings. The van der Waals surface area contributed by atoms with Crippen LogP contribution in [0.2, 0.25) is 19.6 Å². The summed E-state index contributed by atoms with van der Waals surface area (Å²) in [5.74, 6) is 0.361. The van der Waals surface area contributed by atoms with Gasteiger partial charge in [-0.15, -0.1) is 0 Å². The highest BCUT2D eigenvalue weighted by atomic mass is 28.3. The first-order valence-electron chi connectivity index (χ1n) is 10.4. The maximum Gasteiger partial charge on any atom is 0.313 e. The zero-order valence-corrected chi connectivity index (χ0v) is 18.7. The molecule has 4 heteroatoms. The quantitative estimate of drug-likeness (QED) is 0.186. The van der Waals surface area contributed by atoms with Gasteiger partial charge in [0, 0.05) is 0 Å². The molecule has 0 aromatic heterocycles. The monoisotopic (exact) mass is 398 g/mol. The number of carbonyl (C=O) groups is 1. The number of ether oxygens (including phenoxy) is 2. The molecule has 0 spiro atoms. The molecule has 0 saturated carbocycles. The van der Waals surface area contributed by atoms with Gasteiger partial charge in [-0.3, -0.25) is 4.79 Å². The molecule has 0 aliphatic heterocycles. The fraction of sp³-hybridized carbons (Fsp3) is 0.458. The van der Waals surface area contributed by atoms with Crippen LogP contribution in [0.4, 0.5) is 0 Å². The second-order valence-corrected chi connectivity index (χ2v) is 13.7. The average molecular weight is 399 g/mol. The van der Waals surface area contributed by atoms with Crippen LogP contribution in [0.15, 0.2) is 60.7 Å². The zero-order valence-electron chi connectivity index (χ0n) is 17.7. The van der Waals surface area contributed by atoms with E-state index in [1.54, 1.807) is 12.1 Å². The third kappa shape index (κ3) is 7.61. The van der Waals surface area contributed by atoms with Gasteiger partial charge in [-0.1, -0.05) is 94.4 Å². The lowest BCUT2D eigenvalue weighted by Gasteiger charge is -2.33. The molecule has 3 nitrogen and oxygen atoms in total. The van der Waals surface area contributed by atoms with E-state index in [1.165, 1.54) is 5.56 Å². The van der Waals surface area contributed by atoms with Gasteiger partial charge in [0.15, 0.2) is 0 Å². The first-order valence-corrected chi connectivity index (χ1v) is 13.9. The fourth-order valence-electron chi connectivity index (χ4n) is 3.29. The molecule has 0 N–H and O–H groups in total. The summed E-state index contributed by atoms with van der Waals surface area (Å²) in [6, 6.07) is 19.7. The van der Waals surface area contributed by atoms with Crippen molar-refractivity contribution < 1.29 is 14.3 Å². The van der Waals surface area contributed by atoms with Crippen molar-refractivity contribution in [2.75, 3.05) is 0 Å². The number of para-hydroxylation sites is 1. The van der Waals surface area contributed by atoms with Crippen LogP contribution < -0.4 is 4.74 Å². The lowest BCUT2D eigenvalue weighted by Crippen LogP contribution is -2.36. The van der Waals surface area contributed by atoms with Crippen molar-refractivity contribution in [2.24, 2.45) is 0 Å². The van der Waals surface area contributed by atoms with Crippen molar-refractivity contribution in [3.8, 4) is 5.75 Å². The van der Waals surface area contributed by atoms with E-state index >= 15 is 0 Å². The number of hydrogen-bond donors (Lipinski definition) is 0. The summed E-state index contributed by atoms with van der Waals surface area (Å²) >= 11 is 0. The summed E-state index contributed by atoms with van der Waals surface area (Å²) in [4.78, 5) is 12.5. The first kappa shape index (κ1) is 22.4. The van der Waals surface area contributed by atoms with Crippen LogP contribution in [0.3, 0.4) is 0 Å². The van der Waals surface area contributed by atoms with Crippen LogP contribution in [0.25, 0.3) is 0 Å². The van der Waals surface area contributed by atoms with Crippen molar-refractivity contribution in [3.63, 3.8) is 0 Å². The molecular formula is C24H34O3Si. The number of carbonyl (C=O) groups excluding carboxylic acids is 1. The third-order valence-electron chi connectivity index (χ3n) is 4.72. The average Bonchev–Trinajstić information content (AvgIpc) is 2.66. The molecule has 0 aliphatic carbocycles. The maximum atomic E-state index is 12.5. The summed E-state index contributed by atoms with van der Waals surface area (Å²) in [7, 11) is -1.64. The minimum absolute atomic E-state index is 0.0600. The Hall–Kier alpha value is -1.91. The number of esters is 1. The van der Waals surface area contributed by atoms with Gasteiger partial charge in [0.05, 0.1) is 26.3 Å². The van der Waals surface area contributed by atoms with Crippen molar-refractivity contribution in [1.82, 2.24) is 0 Å². The van der Waals surface area contributed by atoms with Crippen LogP contribution in [0.5, 0.6) is 5.75 Å². The first-order chi connectivity index (χ1) is 13.4. The molecule has 0 amide bonds. The van der Waals surface area contributed by atoms with Gasteiger partial charge < -0.3 is 9.47 Å². The number of hydrogen-bond acceptors (Lipinski definition) is 3. The molecule has 2 aromatic rings. The van der Waals surface area contributed by atoms with E-state index in [9.17, 15) is 4.79 Å². The number of unbranched alkanes of at least 4 members (excludes halogenated alkanes) is 2. The highest BCUT2D eigenvalue weighted by Crippen LogP contribution is 2.31. The Morgan fingerprint density at radius 2 is 1.54 bits per heavy atom. The van der Waals surface area contributed by atoms with Gasteiger partial charge in [0.1, 0.15) is 5.75 Å². The van der Waals surface area contributed by atoms with Gasteiger partial charge in [0.2, 0.25) is 0 Å². The molecule has 28 heavy (non-hydrogen) atoms. The second kappa shape index (κ2) is 11.2. The Bertz CT molecular complexity index is 695. The minimum atomic E-state index is -1.64. The van der Waals surface area contributed by atoms with E-state index in [-0.39, 0.29) is 24.2 Å². The van der Waals surface area contributed by atoms with Gasteiger partial charge >= 0.3 is 5.97 Å². The lowest BCUT2D eigenvalue weighted by atomic mass is 10.1. The summed E-state index contributed by atoms with van der Waals surface area (Å²) in [6.45, 7) is 9.14. The Morgan fingerprint density at radius 3 is 2.11 bits per heavy atom. The summed E-state index contributed by atoms with van der Waals surface area (Å²) in [5, 5.41) is 0. The number of rotatable bonds is 11. The molecule has 0 radical (unpaired) electrons. The van der Waals surface area contributed by atoms with E-state index in [2.05, 4.69) is 50.8 Å². The predicted octanol–water partition coefficient (Wildman–Crippen LogP) is 6.57. The van der Waals surface area contributed by atoms with Crippen molar-refractivity contribution >= 4 is 14.0 Å². The standard InChI is InChI=1S/C24H34O3Si/c1-5-6-9-18-22(19-23(25)26-21-16-12-8-13-17-21)27-24(28(2,3)4)20-14-10-7-11-15-20/h7-8,10-17,22,24H,5-6,9,18-19H2,1-4H3/t22-,24-/m0/s1. The molecule has 0 aliphatic rings. The van der Waals surface area contributed by atoms with E-state index in [0.29, 0.717) is 5.75 Å². The second-order valence-electron chi connectivity index (χ2n) is 8.40. The normalized spacial score (nSPS) is 13.7. The van der Waals surface area contributed by atoms with Gasteiger partial charge in [0.25, 0.3) is 0 Å². The summed E-state index contributed by atoms with van der Waals surface area (Å²) in [6.07, 6.45) is 4.40. The van der Waals surface area contributed by atoms with Crippen molar-refractivity contribution in [1.29, 1.82) is 0 Å². The van der Waals surface area contributed by atoms with Crippen molar-refractivity contribution in [3.05, 3.63) is 66.2 Å². The molecule has 0 heterocycles. The van der Waals surface area contributed by atoms with Crippen LogP contribution in [-0.4, -0.2) is 20.1 Å². The lowest BCUT2D eigenvalue weighted by molar-refractivity contribution is -0.138. The Balaban J connectivity index is 2.10. The van der Waals surface area contributed by atoms with Crippen LogP contribution in [0.1, 0.15) is 50.3 Å². The largest absolute Gasteiger partial charge is 0.426 e.